The number of amides is 1. The van der Waals surface area contributed by atoms with Gasteiger partial charge in [0.1, 0.15) is 5.75 Å². The maximum absolute atomic E-state index is 12.4. The van der Waals surface area contributed by atoms with Crippen molar-refractivity contribution in [1.29, 1.82) is 0 Å². The number of benzene rings is 2. The number of nitrogens with one attached hydrogen (secondary N) is 1. The largest absolute Gasteiger partial charge is 0.497 e. The van der Waals surface area contributed by atoms with Gasteiger partial charge in [0.15, 0.2) is 18.1 Å². The summed E-state index contributed by atoms with van der Waals surface area (Å²) < 4.78 is 16.0. The summed E-state index contributed by atoms with van der Waals surface area (Å²) in [6.45, 7) is 4.20. The molecule has 0 bridgehead atoms. The first-order valence-electron chi connectivity index (χ1n) is 8.72. The second kappa shape index (κ2) is 9.70. The quantitative estimate of drug-likeness (QED) is 0.737. The van der Waals surface area contributed by atoms with Gasteiger partial charge in [-0.25, -0.2) is 0 Å². The second-order valence-electron chi connectivity index (χ2n) is 6.46. The van der Waals surface area contributed by atoms with Crippen LogP contribution < -0.4 is 19.5 Å². The fourth-order valence-electron chi connectivity index (χ4n) is 2.70. The monoisotopic (exact) mass is 357 g/mol. The molecular weight excluding hydrogens is 330 g/mol. The highest BCUT2D eigenvalue weighted by molar-refractivity contribution is 5.78. The molecular formula is C21H27NO4. The molecule has 0 aliphatic carbocycles. The molecule has 2 aromatic carbocycles. The van der Waals surface area contributed by atoms with Crippen molar-refractivity contribution in [2.75, 3.05) is 20.8 Å². The number of hydrogen-bond donors (Lipinski definition) is 1. The van der Waals surface area contributed by atoms with Crippen LogP contribution in [0.25, 0.3) is 0 Å². The molecule has 2 rings (SSSR count). The molecule has 1 atom stereocenters. The lowest BCUT2D eigenvalue weighted by molar-refractivity contribution is -0.124. The average Bonchev–Trinajstić information content (AvgIpc) is 2.65. The molecule has 5 nitrogen and oxygen atoms in total. The first-order valence-corrected chi connectivity index (χ1v) is 8.72. The Morgan fingerprint density at radius 3 is 2.19 bits per heavy atom. The molecule has 0 saturated carbocycles. The Hall–Kier alpha value is -2.69. The van der Waals surface area contributed by atoms with E-state index < -0.39 is 0 Å². The molecule has 0 aliphatic rings. The van der Waals surface area contributed by atoms with Gasteiger partial charge in [0.25, 0.3) is 5.91 Å². The molecule has 2 aromatic rings. The van der Waals surface area contributed by atoms with Crippen LogP contribution in [0.15, 0.2) is 48.5 Å². The highest BCUT2D eigenvalue weighted by Gasteiger charge is 2.17. The van der Waals surface area contributed by atoms with E-state index in [9.17, 15) is 4.79 Å². The van der Waals surface area contributed by atoms with Gasteiger partial charge in [0, 0.05) is 0 Å². The van der Waals surface area contributed by atoms with E-state index in [2.05, 4.69) is 19.2 Å². The molecule has 1 amide bonds. The minimum absolute atomic E-state index is 0.0644. The van der Waals surface area contributed by atoms with Crippen LogP contribution in [-0.2, 0) is 4.79 Å². The molecule has 0 saturated heterocycles. The van der Waals surface area contributed by atoms with E-state index in [0.717, 1.165) is 17.7 Å². The Balaban J connectivity index is 2.01. The SMILES string of the molecule is COc1ccc([C@H](CC(C)C)NC(=O)COc2ccccc2OC)cc1. The van der Waals surface area contributed by atoms with E-state index in [1.165, 1.54) is 0 Å². The van der Waals surface area contributed by atoms with Crippen LogP contribution in [0.4, 0.5) is 0 Å². The fraction of sp³-hybridized carbons (Fsp3) is 0.381. The van der Waals surface area contributed by atoms with E-state index >= 15 is 0 Å². The average molecular weight is 357 g/mol. The van der Waals surface area contributed by atoms with Gasteiger partial charge in [0.05, 0.1) is 20.3 Å². The summed E-state index contributed by atoms with van der Waals surface area (Å²) in [4.78, 5) is 12.4. The van der Waals surface area contributed by atoms with Crippen LogP contribution >= 0.6 is 0 Å². The van der Waals surface area contributed by atoms with Crippen molar-refractivity contribution in [3.05, 3.63) is 54.1 Å². The zero-order valence-corrected chi connectivity index (χ0v) is 15.8. The molecule has 0 aliphatic heterocycles. The lowest BCUT2D eigenvalue weighted by Crippen LogP contribution is -2.33. The van der Waals surface area contributed by atoms with Crippen LogP contribution in [-0.4, -0.2) is 26.7 Å². The third-order valence-corrected chi connectivity index (χ3v) is 3.99. The highest BCUT2D eigenvalue weighted by atomic mass is 16.5. The Morgan fingerprint density at radius 2 is 1.62 bits per heavy atom. The smallest absolute Gasteiger partial charge is 0.258 e. The van der Waals surface area contributed by atoms with Gasteiger partial charge >= 0.3 is 0 Å². The highest BCUT2D eigenvalue weighted by Crippen LogP contribution is 2.26. The molecule has 0 fully saturated rings. The van der Waals surface area contributed by atoms with Gasteiger partial charge in [0.2, 0.25) is 0 Å². The van der Waals surface area contributed by atoms with E-state index in [0.29, 0.717) is 17.4 Å². The molecule has 5 heteroatoms. The number of carbonyl (C=O) groups is 1. The van der Waals surface area contributed by atoms with Crippen LogP contribution in [0.2, 0.25) is 0 Å². The summed E-state index contributed by atoms with van der Waals surface area (Å²) in [5.41, 5.74) is 1.05. The maximum atomic E-state index is 12.4. The number of hydrogen-bond acceptors (Lipinski definition) is 4. The number of ether oxygens (including phenoxy) is 3. The van der Waals surface area contributed by atoms with Crippen LogP contribution in [0.5, 0.6) is 17.2 Å². The van der Waals surface area contributed by atoms with Crippen LogP contribution in [0, 0.1) is 5.92 Å². The number of rotatable bonds is 9. The third-order valence-electron chi connectivity index (χ3n) is 3.99. The number of para-hydroxylation sites is 2. The Kier molecular flexibility index (Phi) is 7.33. The van der Waals surface area contributed by atoms with Crippen molar-refractivity contribution < 1.29 is 19.0 Å². The van der Waals surface area contributed by atoms with Gasteiger partial charge in [-0.3, -0.25) is 4.79 Å². The first-order chi connectivity index (χ1) is 12.5. The predicted octanol–water partition coefficient (Wildman–Crippen LogP) is 3.99. The topological polar surface area (TPSA) is 56.8 Å². The molecule has 0 radical (unpaired) electrons. The summed E-state index contributed by atoms with van der Waals surface area (Å²) in [7, 11) is 3.21. The first kappa shape index (κ1) is 19.6. The normalized spacial score (nSPS) is 11.7. The molecule has 0 unspecified atom stereocenters. The van der Waals surface area contributed by atoms with Gasteiger partial charge in [-0.05, 0) is 42.2 Å². The summed E-state index contributed by atoms with van der Waals surface area (Å²) in [6.07, 6.45) is 0.840. The van der Waals surface area contributed by atoms with Gasteiger partial charge in [-0.1, -0.05) is 38.1 Å². The standard InChI is InChI=1S/C21H27NO4/c1-15(2)13-18(16-9-11-17(24-3)12-10-16)22-21(23)14-26-20-8-6-5-7-19(20)25-4/h5-12,15,18H,13-14H2,1-4H3,(H,22,23)/t18-/m0/s1. The minimum atomic E-state index is -0.169. The van der Waals surface area contributed by atoms with Crippen molar-refractivity contribution in [1.82, 2.24) is 5.32 Å². The third kappa shape index (κ3) is 5.69. The van der Waals surface area contributed by atoms with Crippen LogP contribution in [0.1, 0.15) is 31.9 Å². The molecule has 140 valence electrons. The van der Waals surface area contributed by atoms with E-state index in [1.54, 1.807) is 26.4 Å². The van der Waals surface area contributed by atoms with Crippen molar-refractivity contribution in [3.63, 3.8) is 0 Å². The van der Waals surface area contributed by atoms with E-state index in [4.69, 9.17) is 14.2 Å². The summed E-state index contributed by atoms with van der Waals surface area (Å²) in [6, 6.07) is 15.0. The van der Waals surface area contributed by atoms with Gasteiger partial charge in [-0.2, -0.15) is 0 Å². The van der Waals surface area contributed by atoms with Crippen LogP contribution in [0.3, 0.4) is 0 Å². The lowest BCUT2D eigenvalue weighted by Gasteiger charge is -2.21. The molecule has 0 spiro atoms. The molecule has 0 aromatic heterocycles. The van der Waals surface area contributed by atoms with Gasteiger partial charge in [-0.15, -0.1) is 0 Å². The zero-order chi connectivity index (χ0) is 18.9. The zero-order valence-electron chi connectivity index (χ0n) is 15.8. The van der Waals surface area contributed by atoms with E-state index in [-0.39, 0.29) is 18.6 Å². The summed E-state index contributed by atoms with van der Waals surface area (Å²) >= 11 is 0. The second-order valence-corrected chi connectivity index (χ2v) is 6.46. The molecule has 26 heavy (non-hydrogen) atoms. The summed E-state index contributed by atoms with van der Waals surface area (Å²) in [5.74, 6) is 2.22. The molecule has 1 N–H and O–H groups in total. The maximum Gasteiger partial charge on any atom is 0.258 e. The number of methoxy groups -OCH3 is 2. The van der Waals surface area contributed by atoms with Gasteiger partial charge < -0.3 is 19.5 Å². The predicted molar refractivity (Wildman–Crippen MR) is 102 cm³/mol. The Labute approximate surface area is 155 Å². The molecule has 0 heterocycles. The lowest BCUT2D eigenvalue weighted by atomic mass is 9.97. The minimum Gasteiger partial charge on any atom is -0.497 e. The number of carbonyl (C=O) groups excluding carboxylic acids is 1. The summed E-state index contributed by atoms with van der Waals surface area (Å²) in [5, 5.41) is 3.06. The Bertz CT molecular complexity index is 697. The van der Waals surface area contributed by atoms with Crippen molar-refractivity contribution >= 4 is 5.91 Å². The Morgan fingerprint density at radius 1 is 0.962 bits per heavy atom. The van der Waals surface area contributed by atoms with Crippen molar-refractivity contribution in [3.8, 4) is 17.2 Å². The van der Waals surface area contributed by atoms with Crippen molar-refractivity contribution in [2.24, 2.45) is 5.92 Å². The van der Waals surface area contributed by atoms with Crippen molar-refractivity contribution in [2.45, 2.75) is 26.3 Å². The fourth-order valence-corrected chi connectivity index (χ4v) is 2.70. The van der Waals surface area contributed by atoms with E-state index in [1.807, 2.05) is 36.4 Å².